The number of carbonyl (C=O) groups is 3. The first-order chi connectivity index (χ1) is 13.9. The van der Waals surface area contributed by atoms with Crippen molar-refractivity contribution in [3.05, 3.63) is 53.9 Å². The van der Waals surface area contributed by atoms with Crippen molar-refractivity contribution in [2.24, 2.45) is 5.73 Å². The number of imide groups is 1. The van der Waals surface area contributed by atoms with Crippen LogP contribution in [0.25, 0.3) is 0 Å². The zero-order chi connectivity index (χ0) is 22.3. The fraction of sp³-hybridized carbons (Fsp3) is 0.176. The van der Waals surface area contributed by atoms with E-state index in [9.17, 15) is 36.0 Å². The number of carbonyl (C=O) groups excluding carboxylic acids is 3. The first kappa shape index (κ1) is 21.2. The largest absolute Gasteiger partial charge is 0.501 e. The number of primary amides is 1. The number of pyridine rings is 1. The van der Waals surface area contributed by atoms with Crippen LogP contribution in [0, 0.1) is 0 Å². The van der Waals surface area contributed by atoms with E-state index in [1.165, 1.54) is 18.5 Å². The third-order valence-corrected chi connectivity index (χ3v) is 5.79. The highest BCUT2D eigenvalue weighted by molar-refractivity contribution is 7.92. The molecule has 13 heteroatoms. The van der Waals surface area contributed by atoms with Crippen LogP contribution in [0.5, 0.6) is 0 Å². The van der Waals surface area contributed by atoms with Crippen molar-refractivity contribution in [3.63, 3.8) is 0 Å². The van der Waals surface area contributed by atoms with Gasteiger partial charge in [-0.25, -0.2) is 18.1 Å². The highest BCUT2D eigenvalue weighted by Crippen LogP contribution is 2.32. The van der Waals surface area contributed by atoms with Gasteiger partial charge in [0, 0.05) is 18.9 Å². The monoisotopic (exact) mass is 442 g/mol. The average Bonchev–Trinajstić information content (AvgIpc) is 2.94. The molecule has 2 N–H and O–H groups in total. The second-order valence-corrected chi connectivity index (χ2v) is 8.15. The summed E-state index contributed by atoms with van der Waals surface area (Å²) >= 11 is 0. The van der Waals surface area contributed by atoms with Gasteiger partial charge in [0.25, 0.3) is 21.7 Å². The van der Waals surface area contributed by atoms with Gasteiger partial charge >= 0.3 is 11.5 Å². The Morgan fingerprint density at radius 2 is 1.77 bits per heavy atom. The molecule has 0 bridgehead atoms. The SMILES string of the molecule is NC(=O)c1cnccc1CN1CC(=O)N(c2ccc(S(=O)(=O)C(F)(F)F)cc2)C1=O. The summed E-state index contributed by atoms with van der Waals surface area (Å²) in [6, 6.07) is 3.85. The smallest absolute Gasteiger partial charge is 0.366 e. The summed E-state index contributed by atoms with van der Waals surface area (Å²) in [7, 11) is -5.56. The van der Waals surface area contributed by atoms with Gasteiger partial charge in [-0.05, 0) is 35.9 Å². The second kappa shape index (κ2) is 7.40. The molecule has 30 heavy (non-hydrogen) atoms. The number of nitrogens with two attached hydrogens (primary N) is 1. The lowest BCUT2D eigenvalue weighted by Gasteiger charge is -2.18. The topological polar surface area (TPSA) is 131 Å². The fourth-order valence-electron chi connectivity index (χ4n) is 2.82. The minimum atomic E-state index is -5.56. The highest BCUT2D eigenvalue weighted by atomic mass is 32.2. The molecule has 3 rings (SSSR count). The van der Waals surface area contributed by atoms with E-state index in [2.05, 4.69) is 4.98 Å². The Balaban J connectivity index is 1.85. The summed E-state index contributed by atoms with van der Waals surface area (Å²) in [5.74, 6) is -1.45. The maximum Gasteiger partial charge on any atom is 0.501 e. The second-order valence-electron chi connectivity index (χ2n) is 6.21. The number of hydrogen-bond donors (Lipinski definition) is 1. The molecule has 0 unspecified atom stereocenters. The molecule has 4 amide bonds. The van der Waals surface area contributed by atoms with Gasteiger partial charge < -0.3 is 10.6 Å². The van der Waals surface area contributed by atoms with Crippen LogP contribution in [0.4, 0.5) is 23.7 Å². The molecular weight excluding hydrogens is 429 g/mol. The predicted octanol–water partition coefficient (Wildman–Crippen LogP) is 1.44. The number of urea groups is 1. The van der Waals surface area contributed by atoms with Gasteiger partial charge in [-0.1, -0.05) is 0 Å². The predicted molar refractivity (Wildman–Crippen MR) is 95.7 cm³/mol. The third-order valence-electron chi connectivity index (χ3n) is 4.29. The molecule has 158 valence electrons. The van der Waals surface area contributed by atoms with Crippen molar-refractivity contribution in [3.8, 4) is 0 Å². The van der Waals surface area contributed by atoms with Crippen LogP contribution in [0.15, 0.2) is 47.6 Å². The van der Waals surface area contributed by atoms with Gasteiger partial charge in [-0.3, -0.25) is 14.6 Å². The Morgan fingerprint density at radius 3 is 2.33 bits per heavy atom. The fourth-order valence-corrected chi connectivity index (χ4v) is 3.59. The molecule has 9 nitrogen and oxygen atoms in total. The maximum absolute atomic E-state index is 12.6. The summed E-state index contributed by atoms with van der Waals surface area (Å²) in [5.41, 5.74) is 0.104. The van der Waals surface area contributed by atoms with E-state index >= 15 is 0 Å². The molecule has 2 heterocycles. The summed E-state index contributed by atoms with van der Waals surface area (Å²) in [4.78, 5) is 41.0. The Labute approximate surface area is 167 Å². The van der Waals surface area contributed by atoms with E-state index in [-0.39, 0.29) is 24.3 Å². The Bertz CT molecular complexity index is 1130. The van der Waals surface area contributed by atoms with Crippen LogP contribution < -0.4 is 10.6 Å². The molecule has 0 aliphatic carbocycles. The summed E-state index contributed by atoms with van der Waals surface area (Å²) in [5, 5.41) is 0. The van der Waals surface area contributed by atoms with Crippen LogP contribution >= 0.6 is 0 Å². The van der Waals surface area contributed by atoms with Gasteiger partial charge in [-0.2, -0.15) is 13.2 Å². The summed E-state index contributed by atoms with van der Waals surface area (Å²) in [6.45, 7) is -0.496. The van der Waals surface area contributed by atoms with E-state index in [0.29, 0.717) is 22.6 Å². The lowest BCUT2D eigenvalue weighted by Crippen LogP contribution is -2.33. The summed E-state index contributed by atoms with van der Waals surface area (Å²) < 4.78 is 60.8. The zero-order valence-corrected chi connectivity index (χ0v) is 15.8. The number of amides is 4. The number of nitrogens with zero attached hydrogens (tertiary/aromatic N) is 3. The zero-order valence-electron chi connectivity index (χ0n) is 15.0. The van der Waals surface area contributed by atoms with Gasteiger partial charge in [0.05, 0.1) is 16.1 Å². The molecule has 1 aliphatic heterocycles. The molecule has 0 saturated carbocycles. The molecule has 1 aromatic carbocycles. The third kappa shape index (κ3) is 3.70. The molecule has 1 aliphatic rings. The number of halogens is 3. The number of benzene rings is 1. The molecule has 0 atom stereocenters. The molecule has 0 spiro atoms. The van der Waals surface area contributed by atoms with Crippen LogP contribution in [0.2, 0.25) is 0 Å². The molecule has 0 radical (unpaired) electrons. The quantitative estimate of drug-likeness (QED) is 0.698. The Kier molecular flexibility index (Phi) is 5.24. The lowest BCUT2D eigenvalue weighted by atomic mass is 10.1. The number of anilines is 1. The van der Waals surface area contributed by atoms with Crippen molar-refractivity contribution in [2.45, 2.75) is 16.9 Å². The highest BCUT2D eigenvalue weighted by Gasteiger charge is 2.47. The minimum Gasteiger partial charge on any atom is -0.366 e. The van der Waals surface area contributed by atoms with Crippen molar-refractivity contribution >= 4 is 33.4 Å². The van der Waals surface area contributed by atoms with E-state index in [4.69, 9.17) is 5.73 Å². The van der Waals surface area contributed by atoms with Crippen LogP contribution in [-0.2, 0) is 21.2 Å². The number of alkyl halides is 3. The number of rotatable bonds is 5. The Hall–Kier alpha value is -3.48. The van der Waals surface area contributed by atoms with Gasteiger partial charge in [-0.15, -0.1) is 0 Å². The molecular formula is C17H13F3N4O5S. The van der Waals surface area contributed by atoms with E-state index in [1.807, 2.05) is 0 Å². The normalized spacial score (nSPS) is 15.0. The van der Waals surface area contributed by atoms with E-state index in [0.717, 1.165) is 17.0 Å². The van der Waals surface area contributed by atoms with Gasteiger partial charge in [0.1, 0.15) is 6.54 Å². The maximum atomic E-state index is 12.6. The van der Waals surface area contributed by atoms with Crippen LogP contribution in [-0.4, -0.2) is 48.2 Å². The average molecular weight is 442 g/mol. The Morgan fingerprint density at radius 1 is 1.13 bits per heavy atom. The van der Waals surface area contributed by atoms with Crippen LogP contribution in [0.1, 0.15) is 15.9 Å². The van der Waals surface area contributed by atoms with E-state index in [1.54, 1.807) is 0 Å². The first-order valence-electron chi connectivity index (χ1n) is 8.19. The van der Waals surface area contributed by atoms with Gasteiger partial charge in [0.15, 0.2) is 0 Å². The summed E-state index contributed by atoms with van der Waals surface area (Å²) in [6.07, 6.45) is 2.60. The molecule has 1 fully saturated rings. The molecule has 1 saturated heterocycles. The standard InChI is InChI=1S/C17H13F3N4O5S/c18-17(19,20)30(28,29)12-3-1-11(2-4-12)24-14(25)9-23(16(24)27)8-10-5-6-22-7-13(10)15(21)26/h1-7H,8-9H2,(H2,21,26). The van der Waals surface area contributed by atoms with Gasteiger partial charge in [0.2, 0.25) is 0 Å². The number of aromatic nitrogens is 1. The first-order valence-corrected chi connectivity index (χ1v) is 9.68. The van der Waals surface area contributed by atoms with Crippen molar-refractivity contribution in [1.82, 2.24) is 9.88 Å². The van der Waals surface area contributed by atoms with Crippen LogP contribution in [0.3, 0.4) is 0 Å². The van der Waals surface area contributed by atoms with E-state index < -0.39 is 38.1 Å². The number of sulfone groups is 1. The number of hydrogen-bond acceptors (Lipinski definition) is 6. The molecule has 2 aromatic rings. The van der Waals surface area contributed by atoms with Crippen molar-refractivity contribution in [2.75, 3.05) is 11.4 Å². The van der Waals surface area contributed by atoms with Crippen molar-refractivity contribution in [1.29, 1.82) is 0 Å². The lowest BCUT2D eigenvalue weighted by molar-refractivity contribution is -0.116. The minimum absolute atomic E-state index is 0.0675. The molecule has 1 aromatic heterocycles. The van der Waals surface area contributed by atoms with Crippen molar-refractivity contribution < 1.29 is 36.0 Å².